The molecule has 6 nitrogen and oxygen atoms in total. The molecule has 2 heterocycles. The number of primary amides is 1. The van der Waals surface area contributed by atoms with Gasteiger partial charge in [-0.3, -0.25) is 4.79 Å². The molecule has 1 unspecified atom stereocenters. The summed E-state index contributed by atoms with van der Waals surface area (Å²) in [4.78, 5) is 11.6. The molecule has 1 fully saturated rings. The van der Waals surface area contributed by atoms with Gasteiger partial charge in [-0.05, 0) is 52.9 Å². The van der Waals surface area contributed by atoms with Gasteiger partial charge in [0.2, 0.25) is 10.0 Å². The summed E-state index contributed by atoms with van der Waals surface area (Å²) in [7, 11) is -2.27. The van der Waals surface area contributed by atoms with Crippen molar-refractivity contribution < 1.29 is 17.9 Å². The Morgan fingerprint density at radius 2 is 2.17 bits per heavy atom. The van der Waals surface area contributed by atoms with E-state index in [1.165, 1.54) is 35.2 Å². The van der Waals surface area contributed by atoms with Crippen LogP contribution in [-0.4, -0.2) is 38.8 Å². The zero-order valence-corrected chi connectivity index (χ0v) is 14.8. The van der Waals surface area contributed by atoms with E-state index in [4.69, 9.17) is 10.5 Å². The minimum Gasteiger partial charge on any atom is -0.496 e. The van der Waals surface area contributed by atoms with Crippen LogP contribution in [-0.2, 0) is 10.0 Å². The van der Waals surface area contributed by atoms with Crippen molar-refractivity contribution in [2.24, 2.45) is 5.73 Å². The average Bonchev–Trinajstić information content (AvgIpc) is 3.25. The molecule has 0 spiro atoms. The van der Waals surface area contributed by atoms with E-state index in [1.54, 1.807) is 11.3 Å². The van der Waals surface area contributed by atoms with Crippen molar-refractivity contribution in [2.75, 3.05) is 20.2 Å². The molecular formula is C16H18N2O4S2. The minimum absolute atomic E-state index is 0.0584. The van der Waals surface area contributed by atoms with Crippen molar-refractivity contribution in [3.05, 3.63) is 46.2 Å². The summed E-state index contributed by atoms with van der Waals surface area (Å²) < 4.78 is 32.2. The molecule has 2 N–H and O–H groups in total. The van der Waals surface area contributed by atoms with E-state index in [0.717, 1.165) is 6.42 Å². The highest BCUT2D eigenvalue weighted by atomic mass is 32.2. The Bertz CT molecular complexity index is 847. The first-order valence-electron chi connectivity index (χ1n) is 7.43. The van der Waals surface area contributed by atoms with Crippen molar-refractivity contribution in [3.8, 4) is 5.75 Å². The Hall–Kier alpha value is -1.90. The summed E-state index contributed by atoms with van der Waals surface area (Å²) >= 11 is 1.61. The van der Waals surface area contributed by atoms with Gasteiger partial charge in [-0.1, -0.05) is 0 Å². The van der Waals surface area contributed by atoms with Gasteiger partial charge in [-0.15, -0.1) is 0 Å². The number of carbonyl (C=O) groups excluding carboxylic acids is 1. The molecule has 1 amide bonds. The molecule has 1 saturated heterocycles. The summed E-state index contributed by atoms with van der Waals surface area (Å²) in [6.07, 6.45) is 0.787. The van der Waals surface area contributed by atoms with Crippen LogP contribution in [0.2, 0.25) is 0 Å². The predicted octanol–water partition coefficient (Wildman–Crippen LogP) is 2.03. The van der Waals surface area contributed by atoms with E-state index >= 15 is 0 Å². The van der Waals surface area contributed by atoms with Crippen molar-refractivity contribution in [2.45, 2.75) is 17.2 Å². The van der Waals surface area contributed by atoms with Gasteiger partial charge in [0.15, 0.2) is 0 Å². The van der Waals surface area contributed by atoms with Crippen LogP contribution in [0.15, 0.2) is 39.9 Å². The van der Waals surface area contributed by atoms with Crippen LogP contribution in [0.4, 0.5) is 0 Å². The molecular weight excluding hydrogens is 348 g/mol. The Kier molecular flexibility index (Phi) is 4.62. The molecule has 0 radical (unpaired) electrons. The Labute approximate surface area is 144 Å². The molecule has 0 aliphatic carbocycles. The number of carbonyl (C=O) groups is 1. The normalized spacial score (nSPS) is 18.6. The molecule has 128 valence electrons. The molecule has 1 atom stereocenters. The first-order chi connectivity index (χ1) is 11.4. The molecule has 1 aromatic heterocycles. The fraction of sp³-hybridized carbons (Fsp3) is 0.312. The van der Waals surface area contributed by atoms with Gasteiger partial charge in [0, 0.05) is 13.1 Å². The number of benzene rings is 1. The Balaban J connectivity index is 1.89. The third-order valence-corrected chi connectivity index (χ3v) is 6.80. The largest absolute Gasteiger partial charge is 0.496 e. The van der Waals surface area contributed by atoms with E-state index in [-0.39, 0.29) is 22.1 Å². The number of ether oxygens (including phenoxy) is 1. The number of nitrogens with zero attached hydrogens (tertiary/aromatic N) is 1. The Morgan fingerprint density at radius 3 is 2.79 bits per heavy atom. The molecule has 8 heteroatoms. The van der Waals surface area contributed by atoms with E-state index in [9.17, 15) is 13.2 Å². The highest BCUT2D eigenvalue weighted by Gasteiger charge is 2.33. The first-order valence-corrected chi connectivity index (χ1v) is 9.82. The van der Waals surface area contributed by atoms with Gasteiger partial charge in [0.25, 0.3) is 5.91 Å². The lowest BCUT2D eigenvalue weighted by molar-refractivity contribution is 0.0997. The number of nitrogens with two attached hydrogens (primary N) is 1. The lowest BCUT2D eigenvalue weighted by Gasteiger charge is -2.17. The zero-order chi connectivity index (χ0) is 17.3. The predicted molar refractivity (Wildman–Crippen MR) is 91.9 cm³/mol. The van der Waals surface area contributed by atoms with E-state index in [0.29, 0.717) is 13.1 Å². The molecule has 1 aliphatic rings. The number of methoxy groups -OCH3 is 1. The van der Waals surface area contributed by atoms with Crippen molar-refractivity contribution in [3.63, 3.8) is 0 Å². The fourth-order valence-electron chi connectivity index (χ4n) is 2.92. The number of sulfonamides is 1. The number of thiophene rings is 1. The van der Waals surface area contributed by atoms with Crippen LogP contribution in [0.1, 0.15) is 28.3 Å². The van der Waals surface area contributed by atoms with Gasteiger partial charge < -0.3 is 10.5 Å². The second kappa shape index (κ2) is 6.54. The molecule has 2 aromatic rings. The minimum atomic E-state index is -3.67. The smallest absolute Gasteiger partial charge is 0.252 e. The first kappa shape index (κ1) is 16.9. The number of rotatable bonds is 5. The summed E-state index contributed by atoms with van der Waals surface area (Å²) in [6, 6.07) is 6.22. The van der Waals surface area contributed by atoms with E-state index < -0.39 is 15.9 Å². The van der Waals surface area contributed by atoms with Crippen LogP contribution < -0.4 is 10.5 Å². The van der Waals surface area contributed by atoms with Gasteiger partial charge in [-0.25, -0.2) is 8.42 Å². The monoisotopic (exact) mass is 366 g/mol. The van der Waals surface area contributed by atoms with Crippen LogP contribution in [0.3, 0.4) is 0 Å². The highest BCUT2D eigenvalue weighted by Crippen LogP contribution is 2.33. The highest BCUT2D eigenvalue weighted by molar-refractivity contribution is 7.89. The van der Waals surface area contributed by atoms with Crippen LogP contribution in [0.5, 0.6) is 5.75 Å². The molecule has 1 aromatic carbocycles. The second-order valence-corrected chi connectivity index (χ2v) is 8.35. The third-order valence-electron chi connectivity index (χ3n) is 4.24. The standard InChI is InChI=1S/C16H18N2O4S2/c1-22-15-3-2-13(8-14(15)16(17)19)24(20,21)18-6-4-11(9-18)12-5-7-23-10-12/h2-3,5,7-8,10-11H,4,6,9H2,1H3,(H2,17,19). The van der Waals surface area contributed by atoms with Crippen molar-refractivity contribution in [1.82, 2.24) is 4.31 Å². The van der Waals surface area contributed by atoms with Gasteiger partial charge in [0.1, 0.15) is 5.75 Å². The summed E-state index contributed by atoms with van der Waals surface area (Å²) in [5.74, 6) is -0.250. The Morgan fingerprint density at radius 1 is 1.38 bits per heavy atom. The summed E-state index contributed by atoms with van der Waals surface area (Å²) in [5.41, 5.74) is 6.55. The lowest BCUT2D eigenvalue weighted by atomic mass is 10.0. The maximum absolute atomic E-state index is 12.9. The number of hydrogen-bond donors (Lipinski definition) is 1. The van der Waals surface area contributed by atoms with Crippen molar-refractivity contribution >= 4 is 27.3 Å². The summed E-state index contributed by atoms with van der Waals surface area (Å²) in [5, 5.41) is 4.05. The average molecular weight is 366 g/mol. The van der Waals surface area contributed by atoms with E-state index in [2.05, 4.69) is 5.38 Å². The molecule has 0 bridgehead atoms. The quantitative estimate of drug-likeness (QED) is 0.877. The topological polar surface area (TPSA) is 89.7 Å². The van der Waals surface area contributed by atoms with Gasteiger partial charge in [-0.2, -0.15) is 15.6 Å². The molecule has 3 rings (SSSR count). The van der Waals surface area contributed by atoms with Crippen LogP contribution in [0, 0.1) is 0 Å². The van der Waals surface area contributed by atoms with Crippen molar-refractivity contribution in [1.29, 1.82) is 0 Å². The molecule has 1 aliphatic heterocycles. The van der Waals surface area contributed by atoms with Crippen LogP contribution >= 0.6 is 11.3 Å². The molecule has 24 heavy (non-hydrogen) atoms. The lowest BCUT2D eigenvalue weighted by Crippen LogP contribution is -2.29. The number of hydrogen-bond acceptors (Lipinski definition) is 5. The van der Waals surface area contributed by atoms with Gasteiger partial charge in [0.05, 0.1) is 17.6 Å². The number of amides is 1. The maximum atomic E-state index is 12.9. The SMILES string of the molecule is COc1ccc(S(=O)(=O)N2CCC(c3ccsc3)C2)cc1C(N)=O. The summed E-state index contributed by atoms with van der Waals surface area (Å²) in [6.45, 7) is 0.901. The fourth-order valence-corrected chi connectivity index (χ4v) is 5.18. The van der Waals surface area contributed by atoms with Gasteiger partial charge >= 0.3 is 0 Å². The third kappa shape index (κ3) is 3.04. The maximum Gasteiger partial charge on any atom is 0.252 e. The molecule has 0 saturated carbocycles. The van der Waals surface area contributed by atoms with Crippen LogP contribution in [0.25, 0.3) is 0 Å². The zero-order valence-electron chi connectivity index (χ0n) is 13.1. The van der Waals surface area contributed by atoms with E-state index in [1.807, 2.05) is 11.4 Å². The second-order valence-electron chi connectivity index (χ2n) is 5.63.